The highest BCUT2D eigenvalue weighted by Crippen LogP contribution is 2.23. The number of hydrogen-bond acceptors (Lipinski definition) is 6. The molecule has 2 rings (SSSR count). The zero-order valence-electron chi connectivity index (χ0n) is 9.99. The van der Waals surface area contributed by atoms with Crippen LogP contribution in [0.15, 0.2) is 28.8 Å². The van der Waals surface area contributed by atoms with Gasteiger partial charge in [-0.15, -0.1) is 0 Å². The zero-order valence-corrected chi connectivity index (χ0v) is 10.8. The monoisotopic (exact) mass is 267 g/mol. The Labute approximate surface area is 105 Å². The average Bonchev–Trinajstić information content (AvgIpc) is 2.75. The molecule has 0 saturated heterocycles. The molecule has 18 heavy (non-hydrogen) atoms. The van der Waals surface area contributed by atoms with Crippen molar-refractivity contribution < 1.29 is 12.9 Å². The van der Waals surface area contributed by atoms with E-state index in [2.05, 4.69) is 10.1 Å². The number of nitrogens with two attached hydrogens (primary N) is 1. The Bertz CT molecular complexity index is 664. The summed E-state index contributed by atoms with van der Waals surface area (Å²) in [7, 11) is -3.25. The Balaban J connectivity index is 2.37. The van der Waals surface area contributed by atoms with E-state index in [-0.39, 0.29) is 5.89 Å². The number of hydrogen-bond donors (Lipinski definition) is 1. The maximum atomic E-state index is 11.4. The molecule has 96 valence electrons. The van der Waals surface area contributed by atoms with Crippen molar-refractivity contribution in [2.45, 2.75) is 12.2 Å². The number of nitrogen functional groups attached to an aromatic ring is 1. The van der Waals surface area contributed by atoms with E-state index in [9.17, 15) is 8.42 Å². The second kappa shape index (κ2) is 4.41. The molecule has 0 spiro atoms. The molecule has 2 N–H and O–H groups in total. The molecule has 0 radical (unpaired) electrons. The molecule has 6 nitrogen and oxygen atoms in total. The minimum Gasteiger partial charge on any atom is -0.399 e. The van der Waals surface area contributed by atoms with E-state index in [1.165, 1.54) is 6.92 Å². The third-order valence-electron chi connectivity index (χ3n) is 2.58. The van der Waals surface area contributed by atoms with Gasteiger partial charge < -0.3 is 10.3 Å². The summed E-state index contributed by atoms with van der Waals surface area (Å²) in [5, 5.41) is 2.94. The zero-order chi connectivity index (χ0) is 13.3. The quantitative estimate of drug-likeness (QED) is 0.844. The number of rotatable bonds is 3. The smallest absolute Gasteiger partial charge is 0.244 e. The fourth-order valence-corrected chi connectivity index (χ4v) is 1.84. The molecule has 1 unspecified atom stereocenters. The van der Waals surface area contributed by atoms with Gasteiger partial charge in [0.2, 0.25) is 11.7 Å². The molecule has 0 saturated carbocycles. The molecule has 1 aromatic heterocycles. The van der Waals surface area contributed by atoms with Crippen LogP contribution in [0.25, 0.3) is 11.4 Å². The van der Waals surface area contributed by atoms with Gasteiger partial charge in [-0.3, -0.25) is 0 Å². The molecule has 0 aliphatic rings. The predicted octanol–water partition coefficient (Wildman–Crippen LogP) is 1.42. The van der Waals surface area contributed by atoms with Crippen LogP contribution in [0, 0.1) is 0 Å². The van der Waals surface area contributed by atoms with Crippen LogP contribution < -0.4 is 5.73 Å². The summed E-state index contributed by atoms with van der Waals surface area (Å²) >= 11 is 0. The molecule has 1 aromatic carbocycles. The lowest BCUT2D eigenvalue weighted by atomic mass is 10.2. The van der Waals surface area contributed by atoms with Crippen molar-refractivity contribution in [1.82, 2.24) is 10.1 Å². The van der Waals surface area contributed by atoms with E-state index in [0.29, 0.717) is 17.1 Å². The maximum absolute atomic E-state index is 11.4. The van der Waals surface area contributed by atoms with Crippen molar-refractivity contribution in [3.8, 4) is 11.4 Å². The Morgan fingerprint density at radius 3 is 2.72 bits per heavy atom. The summed E-state index contributed by atoms with van der Waals surface area (Å²) in [5.41, 5.74) is 6.91. The molecule has 2 aromatic rings. The van der Waals surface area contributed by atoms with E-state index in [0.717, 1.165) is 6.26 Å². The van der Waals surface area contributed by atoms with Crippen LogP contribution in [0.1, 0.15) is 18.1 Å². The van der Waals surface area contributed by atoms with Gasteiger partial charge in [0, 0.05) is 17.5 Å². The van der Waals surface area contributed by atoms with Crippen LogP contribution in [0.2, 0.25) is 0 Å². The fourth-order valence-electron chi connectivity index (χ4n) is 1.38. The second-order valence-electron chi connectivity index (χ2n) is 4.05. The van der Waals surface area contributed by atoms with Gasteiger partial charge in [-0.1, -0.05) is 17.3 Å². The van der Waals surface area contributed by atoms with Gasteiger partial charge in [0.15, 0.2) is 9.84 Å². The van der Waals surface area contributed by atoms with Crippen molar-refractivity contribution in [1.29, 1.82) is 0 Å². The van der Waals surface area contributed by atoms with Gasteiger partial charge in [-0.25, -0.2) is 8.42 Å². The first kappa shape index (κ1) is 12.6. The van der Waals surface area contributed by atoms with Gasteiger partial charge in [0.05, 0.1) is 0 Å². The number of sulfone groups is 1. The molecule has 0 fully saturated rings. The third kappa shape index (κ3) is 2.51. The highest BCUT2D eigenvalue weighted by Gasteiger charge is 2.24. The van der Waals surface area contributed by atoms with Gasteiger partial charge >= 0.3 is 0 Å². The average molecular weight is 267 g/mol. The van der Waals surface area contributed by atoms with Crippen LogP contribution in [0.5, 0.6) is 0 Å². The molecule has 0 aliphatic carbocycles. The maximum Gasteiger partial charge on any atom is 0.244 e. The van der Waals surface area contributed by atoms with Gasteiger partial charge in [0.25, 0.3) is 0 Å². The molecule has 0 amide bonds. The summed E-state index contributed by atoms with van der Waals surface area (Å²) in [6, 6.07) is 6.97. The van der Waals surface area contributed by atoms with Gasteiger partial charge in [-0.05, 0) is 19.1 Å². The summed E-state index contributed by atoms with van der Waals surface area (Å²) < 4.78 is 27.7. The number of nitrogens with zero attached hydrogens (tertiary/aromatic N) is 2. The number of aromatic nitrogens is 2. The highest BCUT2D eigenvalue weighted by molar-refractivity contribution is 7.90. The molecule has 0 aliphatic heterocycles. The lowest BCUT2D eigenvalue weighted by Crippen LogP contribution is -2.07. The van der Waals surface area contributed by atoms with Crippen LogP contribution in [-0.2, 0) is 9.84 Å². The van der Waals surface area contributed by atoms with Crippen molar-refractivity contribution in [2.24, 2.45) is 0 Å². The van der Waals surface area contributed by atoms with Crippen molar-refractivity contribution in [3.05, 3.63) is 30.2 Å². The largest absolute Gasteiger partial charge is 0.399 e. The molecule has 1 atom stereocenters. The molecule has 7 heteroatoms. The first-order valence-electron chi connectivity index (χ1n) is 5.26. The van der Waals surface area contributed by atoms with Crippen LogP contribution in [-0.4, -0.2) is 24.8 Å². The standard InChI is InChI=1S/C11H13N3O3S/c1-7(18(2,15)16)11-13-10(14-17-11)8-4-3-5-9(12)6-8/h3-7H,12H2,1-2H3. The summed E-state index contributed by atoms with van der Waals surface area (Å²) in [4.78, 5) is 4.08. The summed E-state index contributed by atoms with van der Waals surface area (Å²) in [6.07, 6.45) is 1.13. The van der Waals surface area contributed by atoms with Crippen LogP contribution in [0.4, 0.5) is 5.69 Å². The lowest BCUT2D eigenvalue weighted by molar-refractivity contribution is 0.377. The van der Waals surface area contributed by atoms with E-state index < -0.39 is 15.1 Å². The first-order chi connectivity index (χ1) is 8.38. The normalized spacial score (nSPS) is 13.4. The van der Waals surface area contributed by atoms with Crippen LogP contribution >= 0.6 is 0 Å². The molecule has 0 bridgehead atoms. The van der Waals surface area contributed by atoms with Crippen molar-refractivity contribution >= 4 is 15.5 Å². The predicted molar refractivity (Wildman–Crippen MR) is 67.4 cm³/mol. The third-order valence-corrected chi connectivity index (χ3v) is 4.06. The first-order valence-corrected chi connectivity index (χ1v) is 7.22. The second-order valence-corrected chi connectivity index (χ2v) is 6.42. The Hall–Kier alpha value is -1.89. The molecular weight excluding hydrogens is 254 g/mol. The number of anilines is 1. The SMILES string of the molecule is CC(c1nc(-c2cccc(N)c2)no1)S(C)(=O)=O. The Morgan fingerprint density at radius 1 is 1.39 bits per heavy atom. The van der Waals surface area contributed by atoms with Gasteiger partial charge in [-0.2, -0.15) is 4.98 Å². The van der Waals surface area contributed by atoms with E-state index in [1.807, 2.05) is 0 Å². The Kier molecular flexibility index (Phi) is 3.08. The highest BCUT2D eigenvalue weighted by atomic mass is 32.2. The van der Waals surface area contributed by atoms with E-state index in [1.54, 1.807) is 24.3 Å². The Morgan fingerprint density at radius 2 is 2.11 bits per heavy atom. The minimum atomic E-state index is -3.25. The molecule has 1 heterocycles. The summed E-state index contributed by atoms with van der Waals surface area (Å²) in [6.45, 7) is 1.51. The van der Waals surface area contributed by atoms with E-state index >= 15 is 0 Å². The summed E-state index contributed by atoms with van der Waals surface area (Å²) in [5.74, 6) is 0.405. The van der Waals surface area contributed by atoms with Crippen molar-refractivity contribution in [2.75, 3.05) is 12.0 Å². The topological polar surface area (TPSA) is 99.1 Å². The molecular formula is C11H13N3O3S. The van der Waals surface area contributed by atoms with Crippen LogP contribution in [0.3, 0.4) is 0 Å². The minimum absolute atomic E-state index is 0.0786. The fraction of sp³-hybridized carbons (Fsp3) is 0.273. The van der Waals surface area contributed by atoms with Gasteiger partial charge in [0.1, 0.15) is 5.25 Å². The van der Waals surface area contributed by atoms with Crippen molar-refractivity contribution in [3.63, 3.8) is 0 Å². The van der Waals surface area contributed by atoms with E-state index in [4.69, 9.17) is 10.3 Å². The lowest BCUT2D eigenvalue weighted by Gasteiger charge is -2.01. The number of benzene rings is 1.